The first-order valence-corrected chi connectivity index (χ1v) is 6.71. The van der Waals surface area contributed by atoms with Crippen molar-refractivity contribution < 1.29 is 14.6 Å². The molecule has 0 unspecified atom stereocenters. The molecule has 0 aliphatic heterocycles. The molecular weight excluding hydrogens is 276 g/mol. The van der Waals surface area contributed by atoms with E-state index in [0.29, 0.717) is 22.9 Å². The van der Waals surface area contributed by atoms with Crippen LogP contribution in [0, 0.1) is 0 Å². The minimum Gasteiger partial charge on any atom is -0.497 e. The maximum atomic E-state index is 9.74. The Kier molecular flexibility index (Phi) is 4.88. The zero-order valence-electron chi connectivity index (χ0n) is 11.5. The summed E-state index contributed by atoms with van der Waals surface area (Å²) in [5, 5.41) is 10.3. The molecule has 0 saturated carbocycles. The van der Waals surface area contributed by atoms with E-state index in [4.69, 9.17) is 21.1 Å². The standard InChI is InChI=1S/C16H17ClO3/c1-11(18)15-9-13(17)5-8-16(15)20-10-12-3-6-14(19-2)7-4-12/h3-9,11,18H,10H2,1-2H3/t11-/m0/s1. The Morgan fingerprint density at radius 2 is 1.85 bits per heavy atom. The summed E-state index contributed by atoms with van der Waals surface area (Å²) < 4.78 is 10.9. The van der Waals surface area contributed by atoms with Gasteiger partial charge >= 0.3 is 0 Å². The Morgan fingerprint density at radius 1 is 1.15 bits per heavy atom. The van der Waals surface area contributed by atoms with Crippen molar-refractivity contribution in [3.8, 4) is 11.5 Å². The maximum absolute atomic E-state index is 9.74. The number of rotatable bonds is 5. The molecule has 0 spiro atoms. The van der Waals surface area contributed by atoms with Crippen LogP contribution in [0.25, 0.3) is 0 Å². The van der Waals surface area contributed by atoms with Crippen LogP contribution in [0.1, 0.15) is 24.2 Å². The first-order valence-electron chi connectivity index (χ1n) is 6.33. The van der Waals surface area contributed by atoms with Gasteiger partial charge in [0, 0.05) is 10.6 Å². The van der Waals surface area contributed by atoms with Gasteiger partial charge in [0.25, 0.3) is 0 Å². The summed E-state index contributed by atoms with van der Waals surface area (Å²) in [6.07, 6.45) is -0.625. The zero-order valence-corrected chi connectivity index (χ0v) is 12.2. The summed E-state index contributed by atoms with van der Waals surface area (Å²) in [6, 6.07) is 12.9. The molecule has 0 amide bonds. The van der Waals surface area contributed by atoms with Crippen molar-refractivity contribution in [1.29, 1.82) is 0 Å². The lowest BCUT2D eigenvalue weighted by atomic mass is 10.1. The van der Waals surface area contributed by atoms with Crippen molar-refractivity contribution in [1.82, 2.24) is 0 Å². The predicted octanol–water partition coefficient (Wildman–Crippen LogP) is 3.98. The molecule has 2 aromatic carbocycles. The van der Waals surface area contributed by atoms with E-state index < -0.39 is 6.10 Å². The van der Waals surface area contributed by atoms with Gasteiger partial charge in [0.2, 0.25) is 0 Å². The number of halogens is 1. The lowest BCUT2D eigenvalue weighted by molar-refractivity contribution is 0.190. The number of aliphatic hydroxyl groups is 1. The van der Waals surface area contributed by atoms with E-state index in [9.17, 15) is 5.11 Å². The second-order valence-electron chi connectivity index (χ2n) is 4.49. The van der Waals surface area contributed by atoms with E-state index in [1.165, 1.54) is 0 Å². The first-order chi connectivity index (χ1) is 9.60. The van der Waals surface area contributed by atoms with Crippen molar-refractivity contribution in [2.24, 2.45) is 0 Å². The molecule has 106 valence electrons. The van der Waals surface area contributed by atoms with E-state index >= 15 is 0 Å². The summed E-state index contributed by atoms with van der Waals surface area (Å²) in [6.45, 7) is 2.11. The van der Waals surface area contributed by atoms with Crippen molar-refractivity contribution in [3.05, 3.63) is 58.6 Å². The van der Waals surface area contributed by atoms with Crippen LogP contribution in [0.5, 0.6) is 11.5 Å². The van der Waals surface area contributed by atoms with Crippen LogP contribution in [-0.2, 0) is 6.61 Å². The van der Waals surface area contributed by atoms with E-state index in [2.05, 4.69) is 0 Å². The van der Waals surface area contributed by atoms with E-state index in [1.54, 1.807) is 32.2 Å². The molecule has 2 aromatic rings. The number of methoxy groups -OCH3 is 1. The number of benzene rings is 2. The van der Waals surface area contributed by atoms with Crippen LogP contribution in [0.4, 0.5) is 0 Å². The average molecular weight is 293 g/mol. The number of hydrogen-bond donors (Lipinski definition) is 1. The van der Waals surface area contributed by atoms with Crippen LogP contribution in [0.15, 0.2) is 42.5 Å². The van der Waals surface area contributed by atoms with Crippen molar-refractivity contribution in [2.45, 2.75) is 19.6 Å². The van der Waals surface area contributed by atoms with Gasteiger partial charge in [-0.3, -0.25) is 0 Å². The van der Waals surface area contributed by atoms with Crippen molar-refractivity contribution in [2.75, 3.05) is 7.11 Å². The fraction of sp³-hybridized carbons (Fsp3) is 0.250. The average Bonchev–Trinajstić information content (AvgIpc) is 2.46. The summed E-state index contributed by atoms with van der Waals surface area (Å²) in [5.41, 5.74) is 1.71. The molecular formula is C16H17ClO3. The van der Waals surface area contributed by atoms with Gasteiger partial charge in [-0.25, -0.2) is 0 Å². The lowest BCUT2D eigenvalue weighted by Gasteiger charge is -2.14. The summed E-state index contributed by atoms with van der Waals surface area (Å²) in [5.74, 6) is 1.45. The summed E-state index contributed by atoms with van der Waals surface area (Å²) >= 11 is 5.93. The fourth-order valence-corrected chi connectivity index (χ4v) is 2.04. The van der Waals surface area contributed by atoms with Crippen molar-refractivity contribution >= 4 is 11.6 Å². The predicted molar refractivity (Wildman–Crippen MR) is 79.4 cm³/mol. The van der Waals surface area contributed by atoms with Gasteiger partial charge in [-0.2, -0.15) is 0 Å². The Hall–Kier alpha value is -1.71. The molecule has 1 N–H and O–H groups in total. The quantitative estimate of drug-likeness (QED) is 0.906. The highest BCUT2D eigenvalue weighted by Crippen LogP contribution is 2.29. The summed E-state index contributed by atoms with van der Waals surface area (Å²) in [4.78, 5) is 0. The highest BCUT2D eigenvalue weighted by molar-refractivity contribution is 6.30. The molecule has 0 radical (unpaired) electrons. The Labute approximate surface area is 123 Å². The SMILES string of the molecule is COc1ccc(COc2ccc(Cl)cc2[C@H](C)O)cc1. The Morgan fingerprint density at radius 3 is 2.45 bits per heavy atom. The van der Waals surface area contributed by atoms with E-state index in [1.807, 2.05) is 24.3 Å². The Balaban J connectivity index is 2.10. The largest absolute Gasteiger partial charge is 0.497 e. The molecule has 3 nitrogen and oxygen atoms in total. The highest BCUT2D eigenvalue weighted by Gasteiger charge is 2.10. The second-order valence-corrected chi connectivity index (χ2v) is 4.93. The van der Waals surface area contributed by atoms with Crippen LogP contribution < -0.4 is 9.47 Å². The van der Waals surface area contributed by atoms with Gasteiger partial charge in [-0.05, 0) is 42.8 Å². The molecule has 0 heterocycles. The maximum Gasteiger partial charge on any atom is 0.125 e. The molecule has 4 heteroatoms. The third-order valence-corrected chi connectivity index (χ3v) is 3.21. The molecule has 0 aromatic heterocycles. The number of aliphatic hydroxyl groups excluding tert-OH is 1. The molecule has 0 bridgehead atoms. The van der Waals surface area contributed by atoms with Gasteiger partial charge in [-0.15, -0.1) is 0 Å². The topological polar surface area (TPSA) is 38.7 Å². The molecule has 0 saturated heterocycles. The van der Waals surface area contributed by atoms with Crippen LogP contribution in [0.2, 0.25) is 5.02 Å². The molecule has 2 rings (SSSR count). The third-order valence-electron chi connectivity index (χ3n) is 2.98. The molecule has 0 fully saturated rings. The van der Waals surface area contributed by atoms with Crippen molar-refractivity contribution in [3.63, 3.8) is 0 Å². The Bertz CT molecular complexity index is 564. The van der Waals surface area contributed by atoms with Gasteiger partial charge in [0.15, 0.2) is 0 Å². The number of ether oxygens (including phenoxy) is 2. The van der Waals surface area contributed by atoms with Gasteiger partial charge in [-0.1, -0.05) is 23.7 Å². The minimum atomic E-state index is -0.625. The molecule has 20 heavy (non-hydrogen) atoms. The van der Waals surface area contributed by atoms with Gasteiger partial charge in [0.1, 0.15) is 18.1 Å². The van der Waals surface area contributed by atoms with Gasteiger partial charge in [0.05, 0.1) is 13.2 Å². The molecule has 1 atom stereocenters. The lowest BCUT2D eigenvalue weighted by Crippen LogP contribution is -2.01. The summed E-state index contributed by atoms with van der Waals surface area (Å²) in [7, 11) is 1.63. The first kappa shape index (κ1) is 14.7. The van der Waals surface area contributed by atoms with E-state index in [0.717, 1.165) is 11.3 Å². The number of hydrogen-bond acceptors (Lipinski definition) is 3. The van der Waals surface area contributed by atoms with E-state index in [-0.39, 0.29) is 0 Å². The van der Waals surface area contributed by atoms with Crippen LogP contribution in [0.3, 0.4) is 0 Å². The molecule has 0 aliphatic rings. The fourth-order valence-electron chi connectivity index (χ4n) is 1.86. The molecule has 0 aliphatic carbocycles. The minimum absolute atomic E-state index is 0.422. The van der Waals surface area contributed by atoms with Gasteiger partial charge < -0.3 is 14.6 Å². The highest BCUT2D eigenvalue weighted by atomic mass is 35.5. The normalized spacial score (nSPS) is 12.0. The third kappa shape index (κ3) is 3.65. The van der Waals surface area contributed by atoms with Crippen LogP contribution in [-0.4, -0.2) is 12.2 Å². The zero-order chi connectivity index (χ0) is 14.5. The monoisotopic (exact) mass is 292 g/mol. The van der Waals surface area contributed by atoms with Crippen LogP contribution >= 0.6 is 11.6 Å². The smallest absolute Gasteiger partial charge is 0.125 e. The second kappa shape index (κ2) is 6.64.